The van der Waals surface area contributed by atoms with Gasteiger partial charge in [0.15, 0.2) is 0 Å². The van der Waals surface area contributed by atoms with E-state index in [1.807, 2.05) is 0 Å². The van der Waals surface area contributed by atoms with Gasteiger partial charge in [0, 0.05) is 30.5 Å². The molecule has 1 saturated heterocycles. The van der Waals surface area contributed by atoms with Gasteiger partial charge in [-0.25, -0.2) is 0 Å². The summed E-state index contributed by atoms with van der Waals surface area (Å²) in [6, 6.07) is 8.66. The van der Waals surface area contributed by atoms with Crippen LogP contribution < -0.4 is 0 Å². The second kappa shape index (κ2) is 6.78. The van der Waals surface area contributed by atoms with E-state index in [4.69, 9.17) is 0 Å². The van der Waals surface area contributed by atoms with Crippen molar-refractivity contribution in [2.24, 2.45) is 0 Å². The molecule has 1 heterocycles. The van der Waals surface area contributed by atoms with Crippen molar-refractivity contribution in [2.75, 3.05) is 13.1 Å². The zero-order valence-electron chi connectivity index (χ0n) is 9.08. The van der Waals surface area contributed by atoms with Crippen molar-refractivity contribution in [3.05, 3.63) is 34.3 Å². The van der Waals surface area contributed by atoms with Crippen LogP contribution in [0.4, 0.5) is 0 Å². The van der Waals surface area contributed by atoms with Gasteiger partial charge in [0.2, 0.25) is 0 Å². The molecule has 1 aromatic rings. The fourth-order valence-electron chi connectivity index (χ4n) is 1.97. The molecule has 0 saturated carbocycles. The quantitative estimate of drug-likeness (QED) is 0.755. The summed E-state index contributed by atoms with van der Waals surface area (Å²) in [6.45, 7) is 3.67. The molecule has 1 aliphatic heterocycles. The molecule has 1 fully saturated rings. The van der Waals surface area contributed by atoms with Crippen LogP contribution in [0.2, 0.25) is 0 Å². The summed E-state index contributed by atoms with van der Waals surface area (Å²) >= 11 is 3.46. The molecular formula is C12H16BrNZn. The summed E-state index contributed by atoms with van der Waals surface area (Å²) in [5.41, 5.74) is 1.43. The third-order valence-electron chi connectivity index (χ3n) is 2.77. The van der Waals surface area contributed by atoms with Crippen molar-refractivity contribution in [2.45, 2.75) is 25.8 Å². The summed E-state index contributed by atoms with van der Waals surface area (Å²) in [5, 5.41) is 0. The smallest absolute Gasteiger partial charge is 0.0233 e. The Balaban J connectivity index is 0.00000112. The minimum Gasteiger partial charge on any atom is -0.299 e. The van der Waals surface area contributed by atoms with E-state index in [9.17, 15) is 0 Å². The zero-order valence-corrected chi connectivity index (χ0v) is 13.6. The maximum Gasteiger partial charge on any atom is 0.0233 e. The first kappa shape index (κ1) is 13.3. The number of benzene rings is 1. The number of hydrogen-bond donors (Lipinski definition) is 0. The topological polar surface area (TPSA) is 3.24 Å². The molecular weight excluding hydrogens is 303 g/mol. The van der Waals surface area contributed by atoms with Crippen molar-refractivity contribution in [1.82, 2.24) is 4.90 Å². The van der Waals surface area contributed by atoms with E-state index in [0.717, 1.165) is 6.54 Å². The number of likely N-dealkylation sites (tertiary alicyclic amines) is 1. The molecule has 2 rings (SSSR count). The van der Waals surface area contributed by atoms with Crippen molar-refractivity contribution in [3.8, 4) is 0 Å². The number of hydrogen-bond acceptors (Lipinski definition) is 1. The Hall–Kier alpha value is 0.283. The minimum absolute atomic E-state index is 0. The Kier molecular flexibility index (Phi) is 6.03. The van der Waals surface area contributed by atoms with Gasteiger partial charge in [0.25, 0.3) is 0 Å². The molecule has 0 bridgehead atoms. The molecule has 0 unspecified atom stereocenters. The molecule has 0 radical (unpaired) electrons. The summed E-state index contributed by atoms with van der Waals surface area (Å²) in [6.07, 6.45) is 4.16. The molecule has 78 valence electrons. The Morgan fingerprint density at radius 2 is 1.60 bits per heavy atom. The average Bonchev–Trinajstić information content (AvgIpc) is 2.23. The molecule has 1 nitrogen and oxygen atoms in total. The maximum atomic E-state index is 3.46. The van der Waals surface area contributed by atoms with Crippen LogP contribution in [0.15, 0.2) is 28.7 Å². The van der Waals surface area contributed by atoms with Gasteiger partial charge in [0.05, 0.1) is 0 Å². The van der Waals surface area contributed by atoms with E-state index in [2.05, 4.69) is 45.1 Å². The Morgan fingerprint density at radius 3 is 2.20 bits per heavy atom. The van der Waals surface area contributed by atoms with E-state index in [-0.39, 0.29) is 19.5 Å². The van der Waals surface area contributed by atoms with Gasteiger partial charge in [-0.1, -0.05) is 34.5 Å². The van der Waals surface area contributed by atoms with E-state index >= 15 is 0 Å². The molecule has 0 spiro atoms. The molecule has 0 aliphatic carbocycles. The Morgan fingerprint density at radius 1 is 1.00 bits per heavy atom. The first-order valence-corrected chi connectivity index (χ1v) is 6.11. The second-order valence-electron chi connectivity index (χ2n) is 3.96. The van der Waals surface area contributed by atoms with Gasteiger partial charge in [0.1, 0.15) is 0 Å². The van der Waals surface area contributed by atoms with Gasteiger partial charge < -0.3 is 0 Å². The predicted molar refractivity (Wildman–Crippen MR) is 63.3 cm³/mol. The Labute approximate surface area is 113 Å². The number of rotatable bonds is 2. The molecule has 1 aromatic carbocycles. The Bertz CT molecular complexity index is 280. The standard InChI is InChI=1S/C12H16BrN.Zn/c13-12-6-4-11(5-7-12)10-14-8-2-1-3-9-14;/h4-7H,1-3,8-10H2;. The third-order valence-corrected chi connectivity index (χ3v) is 3.30. The van der Waals surface area contributed by atoms with Crippen LogP contribution in [0.1, 0.15) is 24.8 Å². The van der Waals surface area contributed by atoms with Gasteiger partial charge in [-0.05, 0) is 43.6 Å². The number of nitrogens with zero attached hydrogens (tertiary/aromatic N) is 1. The van der Waals surface area contributed by atoms with Crippen LogP contribution in [0, 0.1) is 0 Å². The van der Waals surface area contributed by atoms with E-state index in [1.54, 1.807) is 0 Å². The van der Waals surface area contributed by atoms with Crippen LogP contribution in [-0.4, -0.2) is 18.0 Å². The molecule has 15 heavy (non-hydrogen) atoms. The normalized spacial score (nSPS) is 17.1. The monoisotopic (exact) mass is 317 g/mol. The van der Waals surface area contributed by atoms with E-state index in [1.165, 1.54) is 42.4 Å². The second-order valence-corrected chi connectivity index (χ2v) is 4.88. The molecule has 0 N–H and O–H groups in total. The SMILES string of the molecule is Brc1ccc(CN2CCCCC2)cc1.[Zn]. The first-order chi connectivity index (χ1) is 6.84. The molecule has 1 aliphatic rings. The summed E-state index contributed by atoms with van der Waals surface area (Å²) < 4.78 is 1.17. The van der Waals surface area contributed by atoms with Crippen LogP contribution in [-0.2, 0) is 26.0 Å². The summed E-state index contributed by atoms with van der Waals surface area (Å²) in [7, 11) is 0. The largest absolute Gasteiger partial charge is 0.299 e. The van der Waals surface area contributed by atoms with Gasteiger partial charge in [-0.15, -0.1) is 0 Å². The van der Waals surface area contributed by atoms with Crippen LogP contribution in [0.3, 0.4) is 0 Å². The fraction of sp³-hybridized carbons (Fsp3) is 0.500. The zero-order chi connectivity index (χ0) is 9.80. The van der Waals surface area contributed by atoms with E-state index in [0.29, 0.717) is 0 Å². The van der Waals surface area contributed by atoms with Gasteiger partial charge >= 0.3 is 0 Å². The minimum atomic E-state index is 0. The summed E-state index contributed by atoms with van der Waals surface area (Å²) in [4.78, 5) is 2.55. The van der Waals surface area contributed by atoms with Gasteiger partial charge in [-0.2, -0.15) is 0 Å². The summed E-state index contributed by atoms with van der Waals surface area (Å²) in [5.74, 6) is 0. The van der Waals surface area contributed by atoms with Crippen molar-refractivity contribution < 1.29 is 19.5 Å². The molecule has 3 heteroatoms. The van der Waals surface area contributed by atoms with Crippen molar-refractivity contribution in [1.29, 1.82) is 0 Å². The van der Waals surface area contributed by atoms with Crippen molar-refractivity contribution >= 4 is 15.9 Å². The van der Waals surface area contributed by atoms with Crippen LogP contribution in [0.5, 0.6) is 0 Å². The maximum absolute atomic E-state index is 3.46. The number of halogens is 1. The van der Waals surface area contributed by atoms with Gasteiger partial charge in [-0.3, -0.25) is 4.90 Å². The first-order valence-electron chi connectivity index (χ1n) is 5.31. The average molecular weight is 320 g/mol. The molecule has 0 amide bonds. The van der Waals surface area contributed by atoms with E-state index < -0.39 is 0 Å². The van der Waals surface area contributed by atoms with Crippen LogP contribution >= 0.6 is 15.9 Å². The molecule has 0 aromatic heterocycles. The molecule has 0 atom stereocenters. The fourth-order valence-corrected chi connectivity index (χ4v) is 2.23. The predicted octanol–water partition coefficient (Wildman–Crippen LogP) is 3.43. The third kappa shape index (κ3) is 4.34. The van der Waals surface area contributed by atoms with Crippen LogP contribution in [0.25, 0.3) is 0 Å². The number of piperidine rings is 1. The van der Waals surface area contributed by atoms with Crippen molar-refractivity contribution in [3.63, 3.8) is 0 Å².